The zero-order valence-electron chi connectivity index (χ0n) is 10.6. The van der Waals surface area contributed by atoms with Crippen molar-refractivity contribution in [3.8, 4) is 0 Å². The lowest BCUT2D eigenvalue weighted by Gasteiger charge is -2.27. The quantitative estimate of drug-likeness (QED) is 0.688. The largest absolute Gasteiger partial charge is 0.413 e. The Balaban J connectivity index is 2.57. The molecule has 0 radical (unpaired) electrons. The first-order chi connectivity index (χ1) is 7.63. The lowest BCUT2D eigenvalue weighted by Crippen LogP contribution is -2.33. The van der Waals surface area contributed by atoms with Gasteiger partial charge >= 0.3 is 0 Å². The Morgan fingerprint density at radius 3 is 2.25 bits per heavy atom. The van der Waals surface area contributed by atoms with Crippen LogP contribution < -0.4 is 5.19 Å². The van der Waals surface area contributed by atoms with Crippen LogP contribution in [0, 0.1) is 0 Å². The Labute approximate surface area is 101 Å². The van der Waals surface area contributed by atoms with Gasteiger partial charge in [0.15, 0.2) is 9.76 Å². The summed E-state index contributed by atoms with van der Waals surface area (Å²) >= 11 is 0. The van der Waals surface area contributed by atoms with Crippen molar-refractivity contribution < 1.29 is 4.43 Å². The van der Waals surface area contributed by atoms with E-state index in [1.807, 2.05) is 6.08 Å². The number of hydrogen-bond donors (Lipinski definition) is 0. The number of rotatable bonds is 6. The fourth-order valence-corrected chi connectivity index (χ4v) is 2.81. The molecular weight excluding hydrogens is 212 g/mol. The van der Waals surface area contributed by atoms with Gasteiger partial charge in [-0.05, 0) is 30.5 Å². The van der Waals surface area contributed by atoms with Crippen molar-refractivity contribution in [2.24, 2.45) is 0 Å². The minimum absolute atomic E-state index is 0.0727. The van der Waals surface area contributed by atoms with Gasteiger partial charge in [0.1, 0.15) is 0 Å². The highest BCUT2D eigenvalue weighted by Gasteiger charge is 2.19. The summed E-state index contributed by atoms with van der Waals surface area (Å²) in [5.74, 6) is 0. The second-order valence-corrected chi connectivity index (χ2v) is 5.79. The van der Waals surface area contributed by atoms with E-state index >= 15 is 0 Å². The number of benzene rings is 1. The van der Waals surface area contributed by atoms with Crippen LogP contribution in [0.4, 0.5) is 0 Å². The van der Waals surface area contributed by atoms with E-state index in [4.69, 9.17) is 4.43 Å². The molecule has 0 heterocycles. The fourth-order valence-electron chi connectivity index (χ4n) is 1.46. The van der Waals surface area contributed by atoms with E-state index in [2.05, 4.69) is 51.6 Å². The predicted octanol–water partition coefficient (Wildman–Crippen LogP) is 2.63. The van der Waals surface area contributed by atoms with Crippen molar-refractivity contribution >= 4 is 21.0 Å². The van der Waals surface area contributed by atoms with Crippen molar-refractivity contribution in [3.63, 3.8) is 0 Å². The van der Waals surface area contributed by atoms with E-state index in [0.29, 0.717) is 0 Å². The van der Waals surface area contributed by atoms with Crippen LogP contribution in [0.1, 0.15) is 39.2 Å². The summed E-state index contributed by atoms with van der Waals surface area (Å²) < 4.78 is 6.10. The minimum Gasteiger partial charge on any atom is -0.413 e. The average molecular weight is 234 g/mol. The lowest BCUT2D eigenvalue weighted by atomic mass is 10.0. The smallest absolute Gasteiger partial charge is 0.193 e. The third kappa shape index (κ3) is 3.61. The first-order valence-electron chi connectivity index (χ1n) is 5.99. The first-order valence-corrected chi connectivity index (χ1v) is 7.27. The Kier molecular flexibility index (Phi) is 4.96. The molecule has 0 amide bonds. The van der Waals surface area contributed by atoms with E-state index < -0.39 is 9.76 Å². The van der Waals surface area contributed by atoms with Gasteiger partial charge in [0.25, 0.3) is 0 Å². The maximum Gasteiger partial charge on any atom is 0.193 e. The molecule has 0 aliphatic rings. The van der Waals surface area contributed by atoms with E-state index in [-0.39, 0.29) is 5.60 Å². The molecule has 88 valence electrons. The molecule has 0 aliphatic carbocycles. The van der Waals surface area contributed by atoms with E-state index in [1.54, 1.807) is 0 Å². The minimum atomic E-state index is -0.595. The van der Waals surface area contributed by atoms with Crippen molar-refractivity contribution in [2.75, 3.05) is 0 Å². The Morgan fingerprint density at radius 2 is 1.81 bits per heavy atom. The first kappa shape index (κ1) is 13.2. The van der Waals surface area contributed by atoms with Gasteiger partial charge in [-0.3, -0.25) is 0 Å². The van der Waals surface area contributed by atoms with Gasteiger partial charge in [0, 0.05) is 0 Å². The molecule has 1 aromatic carbocycles. The molecule has 0 unspecified atom stereocenters. The third-order valence-electron chi connectivity index (χ3n) is 3.30. The van der Waals surface area contributed by atoms with Crippen molar-refractivity contribution in [2.45, 2.75) is 39.2 Å². The number of hydrogen-bond acceptors (Lipinski definition) is 1. The molecule has 0 aliphatic heterocycles. The van der Waals surface area contributed by atoms with E-state index in [1.165, 1.54) is 10.8 Å². The standard InChI is InChI=1S/C14H22OSi/c1-5-12-8-10-13(11-9-12)16-15-14(4,6-2)7-3/h5,8-11H,1,6-7,16H2,2-4H3. The summed E-state index contributed by atoms with van der Waals surface area (Å²) in [7, 11) is -0.595. The zero-order valence-corrected chi connectivity index (χ0v) is 12.0. The molecule has 0 fully saturated rings. The average Bonchev–Trinajstić information content (AvgIpc) is 2.36. The topological polar surface area (TPSA) is 9.23 Å². The van der Waals surface area contributed by atoms with Crippen LogP contribution in [0.2, 0.25) is 0 Å². The van der Waals surface area contributed by atoms with Crippen LogP contribution in [0.25, 0.3) is 6.08 Å². The predicted molar refractivity (Wildman–Crippen MR) is 74.8 cm³/mol. The van der Waals surface area contributed by atoms with Crippen LogP contribution in [0.15, 0.2) is 30.8 Å². The summed E-state index contributed by atoms with van der Waals surface area (Å²) in [6.07, 6.45) is 4.04. The van der Waals surface area contributed by atoms with Crippen LogP contribution >= 0.6 is 0 Å². The van der Waals surface area contributed by atoms with Gasteiger partial charge in [0.05, 0.1) is 5.60 Å². The fraction of sp³-hybridized carbons (Fsp3) is 0.429. The van der Waals surface area contributed by atoms with Crippen molar-refractivity contribution in [1.29, 1.82) is 0 Å². The summed E-state index contributed by atoms with van der Waals surface area (Å²) in [5.41, 5.74) is 1.25. The molecule has 0 aromatic heterocycles. The Bertz CT molecular complexity index is 325. The van der Waals surface area contributed by atoms with E-state index in [0.717, 1.165) is 12.8 Å². The summed E-state index contributed by atoms with van der Waals surface area (Å²) in [4.78, 5) is 0. The van der Waals surface area contributed by atoms with Crippen molar-refractivity contribution in [1.82, 2.24) is 0 Å². The second-order valence-electron chi connectivity index (χ2n) is 4.39. The molecule has 1 aromatic rings. The lowest BCUT2D eigenvalue weighted by molar-refractivity contribution is 0.0882. The van der Waals surface area contributed by atoms with Gasteiger partial charge < -0.3 is 4.43 Å². The summed E-state index contributed by atoms with van der Waals surface area (Å²) in [5, 5.41) is 1.36. The van der Waals surface area contributed by atoms with Crippen LogP contribution in [-0.2, 0) is 4.43 Å². The SMILES string of the molecule is C=Cc1ccc([SiH2]OC(C)(CC)CC)cc1. The molecule has 16 heavy (non-hydrogen) atoms. The van der Waals surface area contributed by atoms with Gasteiger partial charge in [0.2, 0.25) is 0 Å². The molecule has 1 rings (SSSR count). The van der Waals surface area contributed by atoms with Crippen LogP contribution in [0.3, 0.4) is 0 Å². The van der Waals surface area contributed by atoms with E-state index in [9.17, 15) is 0 Å². The van der Waals surface area contributed by atoms with Crippen LogP contribution in [0.5, 0.6) is 0 Å². The Morgan fingerprint density at radius 1 is 1.25 bits per heavy atom. The van der Waals surface area contributed by atoms with Crippen LogP contribution in [-0.4, -0.2) is 15.4 Å². The van der Waals surface area contributed by atoms with Gasteiger partial charge in [-0.2, -0.15) is 0 Å². The molecule has 0 saturated heterocycles. The summed E-state index contributed by atoms with van der Waals surface area (Å²) in [6, 6.07) is 8.53. The molecule has 1 nitrogen and oxygen atoms in total. The van der Waals surface area contributed by atoms with Crippen molar-refractivity contribution in [3.05, 3.63) is 36.4 Å². The normalized spacial score (nSPS) is 12.2. The van der Waals surface area contributed by atoms with Gasteiger partial charge in [-0.25, -0.2) is 0 Å². The second kappa shape index (κ2) is 6.02. The highest BCUT2D eigenvalue weighted by Crippen LogP contribution is 2.18. The Hall–Kier alpha value is -0.863. The maximum absolute atomic E-state index is 6.10. The molecule has 0 saturated carbocycles. The molecule has 0 spiro atoms. The summed E-state index contributed by atoms with van der Waals surface area (Å²) in [6.45, 7) is 10.3. The van der Waals surface area contributed by atoms with Gasteiger partial charge in [-0.1, -0.05) is 50.8 Å². The monoisotopic (exact) mass is 234 g/mol. The molecule has 2 heteroatoms. The maximum atomic E-state index is 6.10. The highest BCUT2D eigenvalue weighted by molar-refractivity contribution is 6.47. The molecule has 0 atom stereocenters. The molecule has 0 bridgehead atoms. The third-order valence-corrected chi connectivity index (χ3v) is 4.94. The molecule has 0 N–H and O–H groups in total. The molecular formula is C14H22OSi. The zero-order chi connectivity index (χ0) is 12.0. The highest BCUT2D eigenvalue weighted by atomic mass is 28.2. The van der Waals surface area contributed by atoms with Gasteiger partial charge in [-0.15, -0.1) is 0 Å².